The number of nitrogens with one attached hydrogen (secondary N) is 1. The third kappa shape index (κ3) is 4.08. The van der Waals surface area contributed by atoms with Gasteiger partial charge in [-0.1, -0.05) is 12.1 Å². The summed E-state index contributed by atoms with van der Waals surface area (Å²) in [5.41, 5.74) is 2.39. The van der Waals surface area contributed by atoms with Gasteiger partial charge in [-0.05, 0) is 45.4 Å². The van der Waals surface area contributed by atoms with E-state index in [9.17, 15) is 4.79 Å². The zero-order chi connectivity index (χ0) is 15.5. The molecule has 0 radical (unpaired) electrons. The van der Waals surface area contributed by atoms with Crippen LogP contribution in [-0.2, 0) is 22.6 Å². The van der Waals surface area contributed by atoms with Crippen LogP contribution in [0.3, 0.4) is 0 Å². The van der Waals surface area contributed by atoms with Crippen LogP contribution in [0.15, 0.2) is 30.5 Å². The van der Waals surface area contributed by atoms with Crippen LogP contribution in [0.4, 0.5) is 0 Å². The number of fused-ring (bicyclic) bond motifs is 1. The maximum atomic E-state index is 11.6. The fourth-order valence-corrected chi connectivity index (χ4v) is 2.29. The second-order valence-electron chi connectivity index (χ2n) is 6.20. The normalized spacial score (nSPS) is 11.8. The van der Waals surface area contributed by atoms with Gasteiger partial charge in [0.15, 0.2) is 0 Å². The topological polar surface area (TPSA) is 43.3 Å². The standard InChI is InChI=1S/C17H24N2O2/c1-5-21-16(20)12-19-10-9-14-13(7-6-8-15(14)19)11-18-17(2,3)4/h6-10,18H,5,11-12H2,1-4H3. The largest absolute Gasteiger partial charge is 0.465 e. The van der Waals surface area contributed by atoms with Crippen molar-refractivity contribution < 1.29 is 9.53 Å². The second-order valence-corrected chi connectivity index (χ2v) is 6.20. The minimum atomic E-state index is -0.201. The zero-order valence-corrected chi connectivity index (χ0v) is 13.3. The molecule has 4 heteroatoms. The van der Waals surface area contributed by atoms with E-state index in [-0.39, 0.29) is 18.1 Å². The number of hydrogen-bond donors (Lipinski definition) is 1. The molecule has 114 valence electrons. The summed E-state index contributed by atoms with van der Waals surface area (Å²) in [5, 5.41) is 4.68. The molecule has 2 aromatic rings. The van der Waals surface area contributed by atoms with Gasteiger partial charge in [0.1, 0.15) is 6.54 Å². The van der Waals surface area contributed by atoms with Crippen LogP contribution < -0.4 is 5.32 Å². The van der Waals surface area contributed by atoms with Gasteiger partial charge in [-0.25, -0.2) is 0 Å². The van der Waals surface area contributed by atoms with Crippen molar-refractivity contribution in [3.63, 3.8) is 0 Å². The maximum Gasteiger partial charge on any atom is 0.325 e. The fourth-order valence-electron chi connectivity index (χ4n) is 2.29. The summed E-state index contributed by atoms with van der Waals surface area (Å²) >= 11 is 0. The molecule has 1 N–H and O–H groups in total. The first-order chi connectivity index (χ1) is 9.90. The molecule has 0 spiro atoms. The summed E-state index contributed by atoms with van der Waals surface area (Å²) in [6, 6.07) is 8.25. The molecule has 21 heavy (non-hydrogen) atoms. The highest BCUT2D eigenvalue weighted by atomic mass is 16.5. The Balaban J connectivity index is 2.22. The molecule has 0 fully saturated rings. The van der Waals surface area contributed by atoms with Crippen LogP contribution in [0.1, 0.15) is 33.3 Å². The van der Waals surface area contributed by atoms with Gasteiger partial charge >= 0.3 is 5.97 Å². The Morgan fingerprint density at radius 3 is 2.71 bits per heavy atom. The average Bonchev–Trinajstić information content (AvgIpc) is 2.79. The predicted molar refractivity (Wildman–Crippen MR) is 85.2 cm³/mol. The first-order valence-corrected chi connectivity index (χ1v) is 7.38. The Hall–Kier alpha value is -1.81. The Bertz CT molecular complexity index is 623. The van der Waals surface area contributed by atoms with Gasteiger partial charge in [0, 0.05) is 29.2 Å². The zero-order valence-electron chi connectivity index (χ0n) is 13.3. The lowest BCUT2D eigenvalue weighted by Crippen LogP contribution is -2.35. The number of esters is 1. The molecule has 1 heterocycles. The van der Waals surface area contributed by atoms with E-state index in [0.717, 1.165) is 12.1 Å². The number of carbonyl (C=O) groups is 1. The van der Waals surface area contributed by atoms with Crippen molar-refractivity contribution in [3.05, 3.63) is 36.0 Å². The van der Waals surface area contributed by atoms with E-state index in [4.69, 9.17) is 4.74 Å². The third-order valence-corrected chi connectivity index (χ3v) is 3.32. The molecule has 1 aromatic heterocycles. The lowest BCUT2D eigenvalue weighted by Gasteiger charge is -2.20. The van der Waals surface area contributed by atoms with Crippen molar-refractivity contribution >= 4 is 16.9 Å². The first-order valence-electron chi connectivity index (χ1n) is 7.38. The summed E-state index contributed by atoms with van der Waals surface area (Å²) in [5.74, 6) is -0.201. The summed E-state index contributed by atoms with van der Waals surface area (Å²) in [6.45, 7) is 9.76. The molecule has 0 atom stereocenters. The molecule has 1 aromatic carbocycles. The number of aromatic nitrogens is 1. The highest BCUT2D eigenvalue weighted by molar-refractivity contribution is 5.85. The van der Waals surface area contributed by atoms with E-state index in [1.165, 1.54) is 10.9 Å². The Morgan fingerprint density at radius 1 is 1.29 bits per heavy atom. The Kier molecular flexibility index (Phi) is 4.68. The van der Waals surface area contributed by atoms with Gasteiger partial charge in [-0.3, -0.25) is 4.79 Å². The Morgan fingerprint density at radius 2 is 2.05 bits per heavy atom. The lowest BCUT2D eigenvalue weighted by atomic mass is 10.1. The van der Waals surface area contributed by atoms with Crippen LogP contribution in [0, 0.1) is 0 Å². The van der Waals surface area contributed by atoms with E-state index >= 15 is 0 Å². The molecule has 4 nitrogen and oxygen atoms in total. The molecule has 0 aliphatic heterocycles. The van der Waals surface area contributed by atoms with E-state index in [1.807, 2.05) is 29.8 Å². The Labute approximate surface area is 126 Å². The van der Waals surface area contributed by atoms with Crippen LogP contribution in [-0.4, -0.2) is 22.7 Å². The van der Waals surface area contributed by atoms with Gasteiger partial charge in [-0.15, -0.1) is 0 Å². The minimum Gasteiger partial charge on any atom is -0.465 e. The van der Waals surface area contributed by atoms with Crippen LogP contribution in [0.25, 0.3) is 10.9 Å². The van der Waals surface area contributed by atoms with Gasteiger partial charge in [0.05, 0.1) is 6.61 Å². The van der Waals surface area contributed by atoms with Crippen molar-refractivity contribution in [1.29, 1.82) is 0 Å². The quantitative estimate of drug-likeness (QED) is 0.860. The van der Waals surface area contributed by atoms with E-state index in [1.54, 1.807) is 0 Å². The van der Waals surface area contributed by atoms with Crippen molar-refractivity contribution in [2.75, 3.05) is 6.61 Å². The van der Waals surface area contributed by atoms with Crippen molar-refractivity contribution in [1.82, 2.24) is 9.88 Å². The van der Waals surface area contributed by atoms with Crippen LogP contribution in [0.5, 0.6) is 0 Å². The molecule has 0 saturated heterocycles. The molecule has 0 unspecified atom stereocenters. The van der Waals surface area contributed by atoms with Crippen molar-refractivity contribution in [2.45, 2.75) is 46.3 Å². The average molecular weight is 288 g/mol. The molecule has 0 amide bonds. The number of ether oxygens (including phenoxy) is 1. The summed E-state index contributed by atoms with van der Waals surface area (Å²) < 4.78 is 6.95. The van der Waals surface area contributed by atoms with Gasteiger partial charge in [0.2, 0.25) is 0 Å². The fraction of sp³-hybridized carbons (Fsp3) is 0.471. The predicted octanol–water partition coefficient (Wildman–Crippen LogP) is 3.09. The minimum absolute atomic E-state index is 0.0790. The first kappa shape index (κ1) is 15.6. The maximum absolute atomic E-state index is 11.6. The molecule has 0 aliphatic carbocycles. The number of hydrogen-bond acceptors (Lipinski definition) is 3. The number of rotatable bonds is 5. The van der Waals surface area contributed by atoms with Crippen LogP contribution >= 0.6 is 0 Å². The molecular formula is C17H24N2O2. The second kappa shape index (κ2) is 6.31. The van der Waals surface area contributed by atoms with Crippen molar-refractivity contribution in [3.8, 4) is 0 Å². The SMILES string of the molecule is CCOC(=O)Cn1ccc2c(CNC(C)(C)C)cccc21. The number of benzene rings is 1. The molecule has 0 bridgehead atoms. The third-order valence-electron chi connectivity index (χ3n) is 3.32. The number of carbonyl (C=O) groups excluding carboxylic acids is 1. The smallest absolute Gasteiger partial charge is 0.325 e. The monoisotopic (exact) mass is 288 g/mol. The van der Waals surface area contributed by atoms with E-state index in [0.29, 0.717) is 6.61 Å². The summed E-state index contributed by atoms with van der Waals surface area (Å²) in [7, 11) is 0. The molecule has 0 aliphatic rings. The van der Waals surface area contributed by atoms with E-state index < -0.39 is 0 Å². The highest BCUT2D eigenvalue weighted by Crippen LogP contribution is 2.21. The summed E-state index contributed by atoms with van der Waals surface area (Å²) in [6.07, 6.45) is 1.95. The summed E-state index contributed by atoms with van der Waals surface area (Å²) in [4.78, 5) is 11.6. The van der Waals surface area contributed by atoms with Crippen LogP contribution in [0.2, 0.25) is 0 Å². The molecule has 0 saturated carbocycles. The van der Waals surface area contributed by atoms with Gasteiger partial charge in [-0.2, -0.15) is 0 Å². The molecule has 2 rings (SSSR count). The lowest BCUT2D eigenvalue weighted by molar-refractivity contribution is -0.143. The van der Waals surface area contributed by atoms with E-state index in [2.05, 4.69) is 38.2 Å². The highest BCUT2D eigenvalue weighted by Gasteiger charge is 2.12. The van der Waals surface area contributed by atoms with Gasteiger partial charge in [0.25, 0.3) is 0 Å². The number of nitrogens with zero attached hydrogens (tertiary/aromatic N) is 1. The van der Waals surface area contributed by atoms with Crippen molar-refractivity contribution in [2.24, 2.45) is 0 Å². The molecular weight excluding hydrogens is 264 g/mol. The van der Waals surface area contributed by atoms with Gasteiger partial charge < -0.3 is 14.6 Å².